The summed E-state index contributed by atoms with van der Waals surface area (Å²) < 4.78 is 2.44. The van der Waals surface area contributed by atoms with E-state index in [1.165, 1.54) is 71.0 Å². The van der Waals surface area contributed by atoms with Crippen molar-refractivity contribution in [3.63, 3.8) is 0 Å². The molecule has 0 atom stereocenters. The molecule has 0 bridgehead atoms. The van der Waals surface area contributed by atoms with Crippen LogP contribution in [0.3, 0.4) is 0 Å². The lowest BCUT2D eigenvalue weighted by atomic mass is 9.84. The quantitative estimate of drug-likeness (QED) is 0.138. The van der Waals surface area contributed by atoms with Crippen LogP contribution in [0.5, 0.6) is 0 Å². The third-order valence-corrected chi connectivity index (χ3v) is 11.0. The van der Waals surface area contributed by atoms with Crippen molar-refractivity contribution in [3.8, 4) is 27.9 Å². The van der Waals surface area contributed by atoms with Gasteiger partial charge in [-0.15, -0.1) is 0 Å². The normalized spacial score (nSPS) is 12.4. The maximum atomic E-state index is 5.22. The summed E-state index contributed by atoms with van der Waals surface area (Å²) in [4.78, 5) is 7.64. The number of nitrogens with zero attached hydrogens (tertiary/aromatic N) is 3. The minimum absolute atomic E-state index is 0.824. The molecule has 1 aliphatic rings. The Balaban J connectivity index is 1.24. The van der Waals surface area contributed by atoms with Gasteiger partial charge >= 0.3 is 0 Å². The Bertz CT molecular complexity index is 3010. The Kier molecular flexibility index (Phi) is 6.23. The van der Waals surface area contributed by atoms with Gasteiger partial charge in [-0.05, 0) is 96.2 Å². The fraction of sp³-hybridized carbons (Fsp3) is 0.0408. The third-order valence-electron chi connectivity index (χ3n) is 11.0. The van der Waals surface area contributed by atoms with Gasteiger partial charge in [0.25, 0.3) is 0 Å². The molecule has 0 N–H and O–H groups in total. The SMILES string of the molecule is CCc1nc2cccc3c2n1-c1c(-c2c4ccccc4c(-c4ccc5c(ccc6ccccc65)c4)c4ccccc24)cccc1N3c1ccccc1. The molecule has 2 heterocycles. The monoisotopic (exact) mass is 663 g/mol. The Morgan fingerprint density at radius 2 is 1.10 bits per heavy atom. The molecular formula is C49H33N3. The van der Waals surface area contributed by atoms with Crippen molar-refractivity contribution < 1.29 is 0 Å². The van der Waals surface area contributed by atoms with Crippen molar-refractivity contribution in [2.75, 3.05) is 4.90 Å². The van der Waals surface area contributed by atoms with E-state index in [-0.39, 0.29) is 0 Å². The maximum Gasteiger partial charge on any atom is 0.114 e. The summed E-state index contributed by atoms with van der Waals surface area (Å²) in [6.07, 6.45) is 0.824. The Hall–Kier alpha value is -6.71. The fourth-order valence-corrected chi connectivity index (χ4v) is 8.85. The molecule has 10 aromatic rings. The van der Waals surface area contributed by atoms with Gasteiger partial charge in [0.1, 0.15) is 5.82 Å². The van der Waals surface area contributed by atoms with Crippen LogP contribution in [0.15, 0.2) is 170 Å². The highest BCUT2D eigenvalue weighted by Crippen LogP contribution is 2.52. The van der Waals surface area contributed by atoms with Gasteiger partial charge in [-0.2, -0.15) is 0 Å². The third kappa shape index (κ3) is 4.05. The summed E-state index contributed by atoms with van der Waals surface area (Å²) in [5.41, 5.74) is 11.7. The van der Waals surface area contributed by atoms with Crippen LogP contribution in [0.4, 0.5) is 17.1 Å². The van der Waals surface area contributed by atoms with Gasteiger partial charge < -0.3 is 4.90 Å². The first-order valence-electron chi connectivity index (χ1n) is 18.1. The second kappa shape index (κ2) is 11.1. The Morgan fingerprint density at radius 3 is 1.85 bits per heavy atom. The van der Waals surface area contributed by atoms with Crippen LogP contribution < -0.4 is 4.90 Å². The van der Waals surface area contributed by atoms with Crippen LogP contribution >= 0.6 is 0 Å². The second-order valence-corrected chi connectivity index (χ2v) is 13.8. The van der Waals surface area contributed by atoms with Crippen molar-refractivity contribution in [2.45, 2.75) is 13.3 Å². The summed E-state index contributed by atoms with van der Waals surface area (Å²) in [5, 5.41) is 10.1. The molecule has 244 valence electrons. The first-order valence-corrected chi connectivity index (χ1v) is 18.1. The molecule has 0 fully saturated rings. The highest BCUT2D eigenvalue weighted by molar-refractivity contribution is 6.23. The molecule has 1 aromatic heterocycles. The molecule has 1 aliphatic heterocycles. The first kappa shape index (κ1) is 29.1. The largest absolute Gasteiger partial charge is 0.306 e. The fourth-order valence-electron chi connectivity index (χ4n) is 8.85. The number of rotatable bonds is 4. The van der Waals surface area contributed by atoms with Crippen molar-refractivity contribution in [3.05, 3.63) is 176 Å². The van der Waals surface area contributed by atoms with E-state index in [4.69, 9.17) is 4.98 Å². The van der Waals surface area contributed by atoms with Gasteiger partial charge in [-0.1, -0.05) is 140 Å². The van der Waals surface area contributed by atoms with Gasteiger partial charge in [0.2, 0.25) is 0 Å². The average molecular weight is 664 g/mol. The van der Waals surface area contributed by atoms with Crippen LogP contribution in [-0.4, -0.2) is 9.55 Å². The minimum Gasteiger partial charge on any atom is -0.306 e. The second-order valence-electron chi connectivity index (χ2n) is 13.8. The molecule has 11 rings (SSSR count). The smallest absolute Gasteiger partial charge is 0.114 e. The Labute approximate surface area is 301 Å². The lowest BCUT2D eigenvalue weighted by molar-refractivity contribution is 0.902. The maximum absolute atomic E-state index is 5.22. The molecule has 0 saturated heterocycles. The number of hydrogen-bond donors (Lipinski definition) is 0. The molecule has 3 nitrogen and oxygen atoms in total. The topological polar surface area (TPSA) is 21.1 Å². The summed E-state index contributed by atoms with van der Waals surface area (Å²) in [7, 11) is 0. The van der Waals surface area contributed by atoms with E-state index >= 15 is 0 Å². The zero-order chi connectivity index (χ0) is 34.3. The highest BCUT2D eigenvalue weighted by Gasteiger charge is 2.31. The molecule has 0 aliphatic carbocycles. The predicted octanol–water partition coefficient (Wildman–Crippen LogP) is 13.3. The van der Waals surface area contributed by atoms with E-state index in [1.807, 2.05) is 0 Å². The molecule has 0 saturated carbocycles. The van der Waals surface area contributed by atoms with E-state index in [0.717, 1.165) is 40.3 Å². The van der Waals surface area contributed by atoms with E-state index in [1.54, 1.807) is 0 Å². The van der Waals surface area contributed by atoms with Gasteiger partial charge in [0.05, 0.1) is 28.1 Å². The number of aryl methyl sites for hydroxylation is 1. The molecule has 52 heavy (non-hydrogen) atoms. The van der Waals surface area contributed by atoms with Crippen LogP contribution in [0.1, 0.15) is 12.7 Å². The van der Waals surface area contributed by atoms with Crippen molar-refractivity contribution in [2.24, 2.45) is 0 Å². The highest BCUT2D eigenvalue weighted by atomic mass is 15.2. The van der Waals surface area contributed by atoms with Gasteiger partial charge in [-0.3, -0.25) is 4.57 Å². The minimum atomic E-state index is 0.824. The van der Waals surface area contributed by atoms with E-state index in [0.29, 0.717) is 0 Å². The van der Waals surface area contributed by atoms with Gasteiger partial charge in [0, 0.05) is 17.7 Å². The number of fused-ring (bicyclic) bond motifs is 7. The summed E-state index contributed by atoms with van der Waals surface area (Å²) in [5.74, 6) is 1.07. The van der Waals surface area contributed by atoms with Crippen LogP contribution in [-0.2, 0) is 6.42 Å². The number of anilines is 3. The molecule has 3 heteroatoms. The van der Waals surface area contributed by atoms with Crippen molar-refractivity contribution >= 4 is 71.2 Å². The molecular weight excluding hydrogens is 631 g/mol. The molecule has 0 amide bonds. The average Bonchev–Trinajstić information content (AvgIpc) is 3.59. The van der Waals surface area contributed by atoms with Crippen LogP contribution in [0.2, 0.25) is 0 Å². The summed E-state index contributed by atoms with van der Waals surface area (Å²) in [6, 6.07) is 62.2. The molecule has 0 spiro atoms. The van der Waals surface area contributed by atoms with Crippen LogP contribution in [0.25, 0.3) is 82.1 Å². The summed E-state index contributed by atoms with van der Waals surface area (Å²) in [6.45, 7) is 2.21. The molecule has 9 aromatic carbocycles. The van der Waals surface area contributed by atoms with E-state index < -0.39 is 0 Å². The molecule has 0 unspecified atom stereocenters. The number of benzene rings is 9. The van der Waals surface area contributed by atoms with Crippen molar-refractivity contribution in [1.29, 1.82) is 0 Å². The molecule has 0 radical (unpaired) electrons. The van der Waals surface area contributed by atoms with Crippen LogP contribution in [0, 0.1) is 0 Å². The first-order chi connectivity index (χ1) is 25.8. The van der Waals surface area contributed by atoms with E-state index in [2.05, 4.69) is 186 Å². The predicted molar refractivity (Wildman–Crippen MR) is 220 cm³/mol. The standard InChI is InChI=1S/C49H33N3/c1-2-45-50-42-23-13-25-44-49(42)52(45)48-41(22-12-24-43(48)51(44)34-15-4-3-5-16-34)47-39-20-10-8-18-37(39)46(38-19-9-11-21-40(38)47)33-28-29-36-32(30-33)27-26-31-14-6-7-17-35(31)36/h3-30H,2H2,1H3. The van der Waals surface area contributed by atoms with Crippen molar-refractivity contribution in [1.82, 2.24) is 9.55 Å². The lowest BCUT2D eigenvalue weighted by Crippen LogP contribution is -2.19. The lowest BCUT2D eigenvalue weighted by Gasteiger charge is -2.34. The summed E-state index contributed by atoms with van der Waals surface area (Å²) >= 11 is 0. The zero-order valence-corrected chi connectivity index (χ0v) is 28.7. The Morgan fingerprint density at radius 1 is 0.481 bits per heavy atom. The zero-order valence-electron chi connectivity index (χ0n) is 28.7. The number of hydrogen-bond acceptors (Lipinski definition) is 2. The van der Waals surface area contributed by atoms with E-state index in [9.17, 15) is 0 Å². The van der Waals surface area contributed by atoms with Gasteiger partial charge in [0.15, 0.2) is 0 Å². The number of aromatic nitrogens is 2. The number of imidazole rings is 1. The number of para-hydroxylation sites is 3. The van der Waals surface area contributed by atoms with Gasteiger partial charge in [-0.25, -0.2) is 4.98 Å².